The van der Waals surface area contributed by atoms with Gasteiger partial charge in [-0.25, -0.2) is 4.98 Å². The summed E-state index contributed by atoms with van der Waals surface area (Å²) in [5, 5.41) is 16.8. The number of rotatable bonds is 7. The van der Waals surface area contributed by atoms with Gasteiger partial charge in [0.1, 0.15) is 5.82 Å². The van der Waals surface area contributed by atoms with Crippen molar-refractivity contribution in [3.8, 4) is 0 Å². The van der Waals surface area contributed by atoms with Crippen LogP contribution in [0.5, 0.6) is 0 Å². The number of benzene rings is 1. The number of carbonyl (C=O) groups excluding carboxylic acids is 2. The van der Waals surface area contributed by atoms with Gasteiger partial charge in [-0.2, -0.15) is 0 Å². The molecule has 2 N–H and O–H groups in total. The van der Waals surface area contributed by atoms with Crippen LogP contribution in [-0.4, -0.2) is 36.8 Å². The third kappa shape index (κ3) is 5.51. The van der Waals surface area contributed by atoms with E-state index in [0.29, 0.717) is 26.8 Å². The van der Waals surface area contributed by atoms with Gasteiger partial charge in [0, 0.05) is 12.4 Å². The standard InChI is InChI=1S/C18H18Cl2N6O2S2/c1-9-8-29-17(21-9)23-16(28)10(2)30-18-25-24-13(26(18)3)7-14(27)22-12-6-4-5-11(19)15(12)20/h4-6,8,10H,7H2,1-3H3,(H,22,27)(H,21,23,28). The summed E-state index contributed by atoms with van der Waals surface area (Å²) < 4.78 is 1.68. The molecule has 1 aromatic carbocycles. The SMILES string of the molecule is Cc1csc(NC(=O)C(C)Sc2nnc(CC(=O)Nc3cccc(Cl)c3Cl)n2C)n1. The average molecular weight is 485 g/mol. The van der Waals surface area contributed by atoms with Gasteiger partial charge < -0.3 is 15.2 Å². The molecule has 2 aromatic heterocycles. The van der Waals surface area contributed by atoms with Crippen molar-refractivity contribution in [2.45, 2.75) is 30.7 Å². The summed E-state index contributed by atoms with van der Waals surface area (Å²) in [6.07, 6.45) is -0.00806. The van der Waals surface area contributed by atoms with E-state index in [0.717, 1.165) is 5.69 Å². The molecular weight excluding hydrogens is 467 g/mol. The maximum absolute atomic E-state index is 12.4. The zero-order valence-electron chi connectivity index (χ0n) is 16.3. The smallest absolute Gasteiger partial charge is 0.239 e. The summed E-state index contributed by atoms with van der Waals surface area (Å²) in [5.74, 6) is -0.0419. The lowest BCUT2D eigenvalue weighted by Crippen LogP contribution is -2.23. The minimum atomic E-state index is -0.427. The van der Waals surface area contributed by atoms with Crippen LogP contribution >= 0.6 is 46.3 Å². The van der Waals surface area contributed by atoms with Crippen molar-refractivity contribution < 1.29 is 9.59 Å². The van der Waals surface area contributed by atoms with E-state index in [1.165, 1.54) is 23.1 Å². The second-order valence-electron chi connectivity index (χ2n) is 6.33. The number of carbonyl (C=O) groups is 2. The van der Waals surface area contributed by atoms with Crippen molar-refractivity contribution in [3.63, 3.8) is 0 Å². The second-order valence-corrected chi connectivity index (χ2v) is 9.28. The summed E-state index contributed by atoms with van der Waals surface area (Å²) in [6, 6.07) is 4.99. The maximum Gasteiger partial charge on any atom is 0.239 e. The minimum absolute atomic E-state index is 0.00806. The van der Waals surface area contributed by atoms with Crippen molar-refractivity contribution in [1.82, 2.24) is 19.7 Å². The monoisotopic (exact) mass is 484 g/mol. The normalized spacial score (nSPS) is 11.9. The van der Waals surface area contributed by atoms with Crippen molar-refractivity contribution in [3.05, 3.63) is 45.1 Å². The third-order valence-electron chi connectivity index (χ3n) is 3.97. The number of hydrogen-bond donors (Lipinski definition) is 2. The van der Waals surface area contributed by atoms with Gasteiger partial charge in [0.2, 0.25) is 11.8 Å². The van der Waals surface area contributed by atoms with E-state index in [9.17, 15) is 9.59 Å². The molecule has 1 atom stereocenters. The fraction of sp³-hybridized carbons (Fsp3) is 0.278. The molecule has 0 radical (unpaired) electrons. The van der Waals surface area contributed by atoms with E-state index in [2.05, 4.69) is 25.8 Å². The van der Waals surface area contributed by atoms with Crippen LogP contribution in [0.25, 0.3) is 0 Å². The number of hydrogen-bond acceptors (Lipinski definition) is 7. The number of anilines is 2. The maximum atomic E-state index is 12.4. The predicted molar refractivity (Wildman–Crippen MR) is 121 cm³/mol. The zero-order chi connectivity index (χ0) is 21.8. The van der Waals surface area contributed by atoms with E-state index in [1.807, 2.05) is 12.3 Å². The highest BCUT2D eigenvalue weighted by atomic mass is 35.5. The number of aryl methyl sites for hydroxylation is 1. The molecule has 0 saturated carbocycles. The van der Waals surface area contributed by atoms with Crippen LogP contribution in [0, 0.1) is 6.92 Å². The van der Waals surface area contributed by atoms with Gasteiger partial charge in [-0.05, 0) is 26.0 Å². The zero-order valence-corrected chi connectivity index (χ0v) is 19.4. The Morgan fingerprint density at radius 2 is 2.03 bits per heavy atom. The predicted octanol–water partition coefficient (Wildman–Crippen LogP) is 4.19. The first-order valence-corrected chi connectivity index (χ1v) is 11.3. The molecule has 12 heteroatoms. The lowest BCUT2D eigenvalue weighted by atomic mass is 10.3. The fourth-order valence-corrected chi connectivity index (χ4v) is 4.24. The highest BCUT2D eigenvalue weighted by molar-refractivity contribution is 8.00. The number of amides is 2. The van der Waals surface area contributed by atoms with Gasteiger partial charge in [-0.15, -0.1) is 21.5 Å². The lowest BCUT2D eigenvalue weighted by molar-refractivity contribution is -0.116. The van der Waals surface area contributed by atoms with E-state index in [1.54, 1.807) is 36.7 Å². The van der Waals surface area contributed by atoms with Gasteiger partial charge in [-0.1, -0.05) is 41.0 Å². The van der Waals surface area contributed by atoms with Crippen LogP contribution in [0.3, 0.4) is 0 Å². The Bertz CT molecular complexity index is 1080. The number of thiazole rings is 1. The molecule has 2 heterocycles. The fourth-order valence-electron chi connectivity index (χ4n) is 2.37. The molecule has 0 saturated heterocycles. The van der Waals surface area contributed by atoms with Crippen molar-refractivity contribution >= 4 is 68.9 Å². The quantitative estimate of drug-likeness (QED) is 0.487. The molecule has 0 aliphatic carbocycles. The topological polar surface area (TPSA) is 102 Å². The van der Waals surface area contributed by atoms with Crippen LogP contribution in [0.1, 0.15) is 18.4 Å². The van der Waals surface area contributed by atoms with E-state index >= 15 is 0 Å². The molecule has 8 nitrogen and oxygen atoms in total. The molecular formula is C18H18Cl2N6O2S2. The largest absolute Gasteiger partial charge is 0.324 e. The summed E-state index contributed by atoms with van der Waals surface area (Å²) in [5.41, 5.74) is 1.28. The molecule has 30 heavy (non-hydrogen) atoms. The number of nitrogens with zero attached hydrogens (tertiary/aromatic N) is 4. The van der Waals surface area contributed by atoms with Crippen LogP contribution in [0.15, 0.2) is 28.7 Å². The highest BCUT2D eigenvalue weighted by Crippen LogP contribution is 2.29. The average Bonchev–Trinajstić information content (AvgIpc) is 3.25. The van der Waals surface area contributed by atoms with Crippen molar-refractivity contribution in [2.24, 2.45) is 7.05 Å². The van der Waals surface area contributed by atoms with Crippen LogP contribution < -0.4 is 10.6 Å². The molecule has 0 bridgehead atoms. The molecule has 158 valence electrons. The molecule has 3 rings (SSSR count). The first-order chi connectivity index (χ1) is 14.2. The lowest BCUT2D eigenvalue weighted by Gasteiger charge is -2.10. The van der Waals surface area contributed by atoms with Crippen LogP contribution in [0.2, 0.25) is 10.0 Å². The molecule has 0 aliphatic heterocycles. The Morgan fingerprint density at radius 3 is 2.73 bits per heavy atom. The summed E-state index contributed by atoms with van der Waals surface area (Å²) in [4.78, 5) is 29.0. The molecule has 3 aromatic rings. The molecule has 0 aliphatic rings. The number of thioether (sulfide) groups is 1. The number of nitrogens with one attached hydrogen (secondary N) is 2. The second kappa shape index (κ2) is 9.78. The third-order valence-corrected chi connectivity index (χ3v) is 6.80. The molecule has 1 unspecified atom stereocenters. The van der Waals surface area contributed by atoms with Crippen molar-refractivity contribution in [1.29, 1.82) is 0 Å². The number of aromatic nitrogens is 4. The van der Waals surface area contributed by atoms with Gasteiger partial charge in [0.25, 0.3) is 0 Å². The summed E-state index contributed by atoms with van der Waals surface area (Å²) in [7, 11) is 1.74. The van der Waals surface area contributed by atoms with Gasteiger partial charge in [0.05, 0.1) is 33.1 Å². The highest BCUT2D eigenvalue weighted by Gasteiger charge is 2.21. The van der Waals surface area contributed by atoms with Gasteiger partial charge >= 0.3 is 0 Å². The Labute approximate surface area is 191 Å². The van der Waals surface area contributed by atoms with E-state index in [4.69, 9.17) is 23.2 Å². The first-order valence-electron chi connectivity index (χ1n) is 8.76. The Balaban J connectivity index is 1.60. The van der Waals surface area contributed by atoms with E-state index < -0.39 is 5.25 Å². The summed E-state index contributed by atoms with van der Waals surface area (Å²) in [6.45, 7) is 3.63. The van der Waals surface area contributed by atoms with Crippen LogP contribution in [0.4, 0.5) is 10.8 Å². The van der Waals surface area contributed by atoms with Gasteiger partial charge in [0.15, 0.2) is 10.3 Å². The first kappa shape index (κ1) is 22.5. The Hall–Kier alpha value is -2.14. The van der Waals surface area contributed by atoms with E-state index in [-0.39, 0.29) is 23.3 Å². The number of halogens is 2. The Morgan fingerprint density at radius 1 is 1.27 bits per heavy atom. The minimum Gasteiger partial charge on any atom is -0.324 e. The van der Waals surface area contributed by atoms with Crippen molar-refractivity contribution in [2.75, 3.05) is 10.6 Å². The molecule has 0 spiro atoms. The van der Waals surface area contributed by atoms with Gasteiger partial charge in [-0.3, -0.25) is 9.59 Å². The molecule has 2 amide bonds. The molecule has 0 fully saturated rings. The Kier molecular flexibility index (Phi) is 7.35. The van der Waals surface area contributed by atoms with Crippen LogP contribution in [-0.2, 0) is 23.1 Å². The summed E-state index contributed by atoms with van der Waals surface area (Å²) >= 11 is 14.7.